The number of aromatic nitrogens is 4. The Morgan fingerprint density at radius 3 is 2.59 bits per heavy atom. The van der Waals surface area contributed by atoms with E-state index in [0.717, 1.165) is 0 Å². The molecule has 0 saturated carbocycles. The third-order valence-corrected chi connectivity index (χ3v) is 4.50. The maximum atomic E-state index is 13.3. The van der Waals surface area contributed by atoms with E-state index in [1.165, 1.54) is 28.3 Å². The van der Waals surface area contributed by atoms with Crippen LogP contribution in [0.5, 0.6) is 0 Å². The molecule has 0 atom stereocenters. The molecule has 0 aliphatic carbocycles. The molecule has 0 aliphatic heterocycles. The fourth-order valence-corrected chi connectivity index (χ4v) is 3.07. The molecule has 0 unspecified atom stereocenters. The lowest BCUT2D eigenvalue weighted by Crippen LogP contribution is -2.21. The van der Waals surface area contributed by atoms with Crippen LogP contribution in [0, 0.1) is 5.82 Å². The normalized spacial score (nSPS) is 11.0. The van der Waals surface area contributed by atoms with Crippen LogP contribution < -0.4 is 5.56 Å². The number of carbonyl (C=O) groups excluding carboxylic acids is 1. The zero-order valence-electron chi connectivity index (χ0n) is 15.8. The number of rotatable bonds is 4. The minimum atomic E-state index is -0.446. The molecule has 29 heavy (non-hydrogen) atoms. The molecule has 0 bridgehead atoms. The van der Waals surface area contributed by atoms with Crippen molar-refractivity contribution in [3.05, 3.63) is 76.5 Å². The summed E-state index contributed by atoms with van der Waals surface area (Å²) in [5.74, 6) is -0.828. The van der Waals surface area contributed by atoms with Gasteiger partial charge in [0.15, 0.2) is 5.69 Å². The molecule has 0 radical (unpaired) electrons. The van der Waals surface area contributed by atoms with Crippen molar-refractivity contribution in [2.75, 3.05) is 0 Å². The molecule has 0 saturated heterocycles. The fourth-order valence-electron chi connectivity index (χ4n) is 3.07. The summed E-state index contributed by atoms with van der Waals surface area (Å²) in [5, 5.41) is 4.49. The van der Waals surface area contributed by atoms with Crippen molar-refractivity contribution < 1.29 is 13.9 Å². The Labute approximate surface area is 165 Å². The lowest BCUT2D eigenvalue weighted by Gasteiger charge is -2.07. The predicted molar refractivity (Wildman–Crippen MR) is 105 cm³/mol. The first-order chi connectivity index (χ1) is 13.9. The van der Waals surface area contributed by atoms with Crippen molar-refractivity contribution in [1.82, 2.24) is 19.3 Å². The number of carbonyl (C=O) groups is 1. The van der Waals surface area contributed by atoms with E-state index in [1.54, 1.807) is 25.2 Å². The maximum Gasteiger partial charge on any atom is 0.303 e. The highest BCUT2D eigenvalue weighted by Gasteiger charge is 2.18. The Hall–Kier alpha value is -3.81. The van der Waals surface area contributed by atoms with Crippen molar-refractivity contribution in [2.24, 2.45) is 7.05 Å². The number of benzene rings is 2. The van der Waals surface area contributed by atoms with Gasteiger partial charge in [-0.1, -0.05) is 12.1 Å². The second-order valence-electron chi connectivity index (χ2n) is 6.50. The average Bonchev–Trinajstić information content (AvgIpc) is 3.13. The molecule has 8 heteroatoms. The van der Waals surface area contributed by atoms with E-state index >= 15 is 0 Å². The molecule has 2 aromatic heterocycles. The highest BCUT2D eigenvalue weighted by Crippen LogP contribution is 2.21. The zero-order valence-corrected chi connectivity index (χ0v) is 15.8. The first-order valence-electron chi connectivity index (χ1n) is 8.88. The fraction of sp³-hybridized carbons (Fsp3) is 0.143. The molecule has 2 heterocycles. The summed E-state index contributed by atoms with van der Waals surface area (Å²) in [6, 6.07) is 14.7. The number of aryl methyl sites for hydroxylation is 1. The number of para-hydroxylation sites is 2. The van der Waals surface area contributed by atoms with Gasteiger partial charge in [-0.25, -0.2) is 14.1 Å². The highest BCUT2D eigenvalue weighted by molar-refractivity contribution is 5.77. The van der Waals surface area contributed by atoms with Crippen LogP contribution in [-0.4, -0.2) is 25.3 Å². The minimum Gasteiger partial charge on any atom is -0.459 e. The van der Waals surface area contributed by atoms with Gasteiger partial charge in [-0.2, -0.15) is 5.10 Å². The molecule has 0 aliphatic rings. The Kier molecular flexibility index (Phi) is 4.67. The first-order valence-corrected chi connectivity index (χ1v) is 8.88. The second kappa shape index (κ2) is 7.31. The first kappa shape index (κ1) is 18.5. The molecule has 2 aromatic carbocycles. The minimum absolute atomic E-state index is 0.0480. The Bertz CT molecular complexity index is 1280. The predicted octanol–water partition coefficient (Wildman–Crippen LogP) is 2.99. The van der Waals surface area contributed by atoms with E-state index in [9.17, 15) is 14.0 Å². The summed E-state index contributed by atoms with van der Waals surface area (Å²) >= 11 is 0. The van der Waals surface area contributed by atoms with Crippen molar-refractivity contribution >= 4 is 17.0 Å². The lowest BCUT2D eigenvalue weighted by atomic mass is 10.2. The number of nitrogens with zero attached hydrogens (tertiary/aromatic N) is 4. The summed E-state index contributed by atoms with van der Waals surface area (Å²) in [6.45, 7) is 1.26. The second-order valence-corrected chi connectivity index (χ2v) is 6.50. The van der Waals surface area contributed by atoms with E-state index < -0.39 is 5.97 Å². The van der Waals surface area contributed by atoms with Gasteiger partial charge in [0.2, 0.25) is 0 Å². The van der Waals surface area contributed by atoms with Crippen molar-refractivity contribution in [3.8, 4) is 17.1 Å². The van der Waals surface area contributed by atoms with Crippen LogP contribution in [0.4, 0.5) is 4.39 Å². The van der Waals surface area contributed by atoms with E-state index in [2.05, 4.69) is 10.1 Å². The van der Waals surface area contributed by atoms with Crippen LogP contribution in [0.25, 0.3) is 28.1 Å². The van der Waals surface area contributed by atoms with Crippen LogP contribution in [0.15, 0.2) is 59.4 Å². The van der Waals surface area contributed by atoms with Crippen LogP contribution in [0.1, 0.15) is 12.6 Å². The molecule has 0 N–H and O–H groups in total. The van der Waals surface area contributed by atoms with Gasteiger partial charge in [0, 0.05) is 14.0 Å². The van der Waals surface area contributed by atoms with Crippen molar-refractivity contribution in [3.63, 3.8) is 0 Å². The number of fused-ring (bicyclic) bond motifs is 1. The van der Waals surface area contributed by atoms with Crippen LogP contribution >= 0.6 is 0 Å². The van der Waals surface area contributed by atoms with Crippen LogP contribution in [0.2, 0.25) is 0 Å². The van der Waals surface area contributed by atoms with E-state index in [-0.39, 0.29) is 23.7 Å². The Morgan fingerprint density at radius 1 is 1.14 bits per heavy atom. The van der Waals surface area contributed by atoms with Gasteiger partial charge in [-0.3, -0.25) is 9.59 Å². The standard InChI is InChI=1S/C21H17FN4O3/c1-13(27)29-12-16-11-18(24-26(16)15-9-7-14(22)8-10-15)20-21(28)25(2)19-6-4-3-5-17(19)23-20/h3-11H,12H2,1-2H3. The van der Waals surface area contributed by atoms with E-state index in [1.807, 2.05) is 24.3 Å². The summed E-state index contributed by atoms with van der Waals surface area (Å²) in [7, 11) is 1.67. The third-order valence-electron chi connectivity index (χ3n) is 4.50. The Morgan fingerprint density at radius 2 is 1.86 bits per heavy atom. The van der Waals surface area contributed by atoms with Gasteiger partial charge in [0.05, 0.1) is 22.4 Å². The molecular formula is C21H17FN4O3. The summed E-state index contributed by atoms with van der Waals surface area (Å²) in [6.07, 6.45) is 0. The van der Waals surface area contributed by atoms with Crippen molar-refractivity contribution in [1.29, 1.82) is 0 Å². The van der Waals surface area contributed by atoms with Gasteiger partial charge < -0.3 is 9.30 Å². The SMILES string of the molecule is CC(=O)OCc1cc(-c2nc3ccccc3n(C)c2=O)nn1-c1ccc(F)cc1. The van der Waals surface area contributed by atoms with E-state index in [0.29, 0.717) is 28.1 Å². The smallest absolute Gasteiger partial charge is 0.303 e. The third kappa shape index (κ3) is 3.52. The summed E-state index contributed by atoms with van der Waals surface area (Å²) < 4.78 is 21.5. The summed E-state index contributed by atoms with van der Waals surface area (Å²) in [5.41, 5.74) is 2.67. The van der Waals surface area contributed by atoms with Gasteiger partial charge in [0.1, 0.15) is 18.1 Å². The highest BCUT2D eigenvalue weighted by atomic mass is 19.1. The van der Waals surface area contributed by atoms with Gasteiger partial charge >= 0.3 is 5.97 Å². The number of esters is 1. The number of hydrogen-bond donors (Lipinski definition) is 0. The number of ether oxygens (including phenoxy) is 1. The number of hydrogen-bond acceptors (Lipinski definition) is 5. The monoisotopic (exact) mass is 392 g/mol. The van der Waals surface area contributed by atoms with Gasteiger partial charge in [-0.15, -0.1) is 0 Å². The molecule has 0 amide bonds. The average molecular weight is 392 g/mol. The van der Waals surface area contributed by atoms with Gasteiger partial charge in [0.25, 0.3) is 5.56 Å². The molecule has 7 nitrogen and oxygen atoms in total. The quantitative estimate of drug-likeness (QED) is 0.499. The largest absolute Gasteiger partial charge is 0.459 e. The molecule has 4 aromatic rings. The topological polar surface area (TPSA) is 79.0 Å². The molecule has 4 rings (SSSR count). The lowest BCUT2D eigenvalue weighted by molar-refractivity contribution is -0.142. The Balaban J connectivity index is 1.88. The molecule has 0 spiro atoms. The van der Waals surface area contributed by atoms with Crippen LogP contribution in [0.3, 0.4) is 0 Å². The molecular weight excluding hydrogens is 375 g/mol. The van der Waals surface area contributed by atoms with E-state index in [4.69, 9.17) is 4.74 Å². The zero-order chi connectivity index (χ0) is 20.5. The number of halogens is 1. The van der Waals surface area contributed by atoms with Crippen LogP contribution in [-0.2, 0) is 23.2 Å². The van der Waals surface area contributed by atoms with Crippen molar-refractivity contribution in [2.45, 2.75) is 13.5 Å². The molecule has 0 fully saturated rings. The van der Waals surface area contributed by atoms with Gasteiger partial charge in [-0.05, 0) is 42.5 Å². The molecule has 146 valence electrons. The maximum absolute atomic E-state index is 13.3. The summed E-state index contributed by atoms with van der Waals surface area (Å²) in [4.78, 5) is 28.6.